The van der Waals surface area contributed by atoms with Crippen LogP contribution in [0.25, 0.3) is 0 Å². The number of hydrogen-bond acceptors (Lipinski definition) is 3. The molecule has 0 heterocycles. The summed E-state index contributed by atoms with van der Waals surface area (Å²) < 4.78 is 31.7. The van der Waals surface area contributed by atoms with Gasteiger partial charge in [0.1, 0.15) is 18.1 Å². The van der Waals surface area contributed by atoms with Gasteiger partial charge in [0.15, 0.2) is 5.82 Å². The second-order valence-electron chi connectivity index (χ2n) is 4.13. The number of benzene rings is 2. The molecule has 0 saturated heterocycles. The fourth-order valence-electron chi connectivity index (χ4n) is 1.58. The molecule has 1 amide bonds. The van der Waals surface area contributed by atoms with Crippen LogP contribution < -0.4 is 10.9 Å². The van der Waals surface area contributed by atoms with E-state index in [1.54, 1.807) is 24.3 Å². The van der Waals surface area contributed by atoms with Crippen LogP contribution in [0.2, 0.25) is 0 Å². The molecule has 4 nitrogen and oxygen atoms in total. The maximum atomic E-state index is 13.6. The van der Waals surface area contributed by atoms with Gasteiger partial charge in [-0.2, -0.15) is 0 Å². The van der Waals surface area contributed by atoms with Crippen molar-refractivity contribution >= 4 is 27.7 Å². The Hall–Kier alpha value is -1.99. The van der Waals surface area contributed by atoms with Gasteiger partial charge in [0.25, 0.3) is 0 Å². The van der Waals surface area contributed by atoms with Crippen molar-refractivity contribution in [3.63, 3.8) is 0 Å². The number of carbonyl (C=O) groups is 1. The minimum absolute atomic E-state index is 0.00262. The van der Waals surface area contributed by atoms with E-state index in [0.717, 1.165) is 11.6 Å². The van der Waals surface area contributed by atoms with Crippen LogP contribution in [0.5, 0.6) is 0 Å². The fourth-order valence-corrected chi connectivity index (χ4v) is 1.92. The van der Waals surface area contributed by atoms with Gasteiger partial charge in [-0.15, -0.1) is 0 Å². The highest BCUT2D eigenvalue weighted by Gasteiger charge is 2.19. The number of ether oxygens (including phenoxy) is 1. The largest absolute Gasteiger partial charge is 0.443 e. The predicted molar refractivity (Wildman–Crippen MR) is 77.4 cm³/mol. The maximum Gasteiger partial charge on any atom is 0.429 e. The van der Waals surface area contributed by atoms with Crippen molar-refractivity contribution in [1.82, 2.24) is 0 Å². The summed E-state index contributed by atoms with van der Waals surface area (Å²) in [7, 11) is 0. The van der Waals surface area contributed by atoms with Gasteiger partial charge in [-0.05, 0) is 27.6 Å². The van der Waals surface area contributed by atoms with Crippen LogP contribution in [0.1, 0.15) is 5.56 Å². The van der Waals surface area contributed by atoms with Crippen molar-refractivity contribution in [2.24, 2.45) is 5.84 Å². The molecule has 2 rings (SSSR count). The van der Waals surface area contributed by atoms with E-state index >= 15 is 0 Å². The van der Waals surface area contributed by atoms with E-state index in [4.69, 9.17) is 10.6 Å². The second kappa shape index (κ2) is 6.64. The quantitative estimate of drug-likeness (QED) is 0.394. The third kappa shape index (κ3) is 3.77. The topological polar surface area (TPSA) is 55.6 Å². The second-order valence-corrected chi connectivity index (χ2v) is 4.98. The zero-order valence-electron chi connectivity index (χ0n) is 10.7. The van der Waals surface area contributed by atoms with Crippen molar-refractivity contribution in [1.29, 1.82) is 0 Å². The molecule has 0 fully saturated rings. The van der Waals surface area contributed by atoms with Crippen molar-refractivity contribution in [3.8, 4) is 0 Å². The molecule has 110 valence electrons. The first-order valence-corrected chi connectivity index (χ1v) is 6.68. The van der Waals surface area contributed by atoms with Gasteiger partial charge in [-0.1, -0.05) is 30.3 Å². The van der Waals surface area contributed by atoms with Crippen molar-refractivity contribution in [2.75, 3.05) is 5.01 Å². The third-order valence-electron chi connectivity index (χ3n) is 2.65. The van der Waals surface area contributed by atoms with Crippen LogP contribution in [-0.4, -0.2) is 6.09 Å². The highest BCUT2D eigenvalue weighted by molar-refractivity contribution is 9.10. The number of rotatable bonds is 3. The molecule has 0 saturated carbocycles. The van der Waals surface area contributed by atoms with Crippen LogP contribution in [0.4, 0.5) is 19.3 Å². The number of hydrazine groups is 1. The Labute approximate surface area is 128 Å². The lowest BCUT2D eigenvalue weighted by Gasteiger charge is -2.17. The lowest BCUT2D eigenvalue weighted by molar-refractivity contribution is 0.147. The van der Waals surface area contributed by atoms with Gasteiger partial charge in [0.05, 0.1) is 4.47 Å². The number of halogens is 3. The molecule has 0 bridgehead atoms. The van der Waals surface area contributed by atoms with Gasteiger partial charge in [0.2, 0.25) is 0 Å². The number of carbonyl (C=O) groups excluding carboxylic acids is 1. The molecule has 0 aromatic heterocycles. The van der Waals surface area contributed by atoms with Crippen LogP contribution in [0.15, 0.2) is 46.9 Å². The maximum absolute atomic E-state index is 13.6. The van der Waals surface area contributed by atoms with Crippen LogP contribution in [0.3, 0.4) is 0 Å². The molecule has 21 heavy (non-hydrogen) atoms. The summed E-state index contributed by atoms with van der Waals surface area (Å²) in [5.41, 5.74) is 0.473. The van der Waals surface area contributed by atoms with Gasteiger partial charge < -0.3 is 4.74 Å². The van der Waals surface area contributed by atoms with Gasteiger partial charge in [-0.3, -0.25) is 0 Å². The molecular weight excluding hydrogens is 346 g/mol. The molecule has 0 radical (unpaired) electrons. The Morgan fingerprint density at radius 2 is 1.86 bits per heavy atom. The average Bonchev–Trinajstić information content (AvgIpc) is 2.49. The van der Waals surface area contributed by atoms with E-state index in [1.807, 2.05) is 6.07 Å². The van der Waals surface area contributed by atoms with E-state index in [-0.39, 0.29) is 16.8 Å². The molecular formula is C14H11BrF2N2O2. The SMILES string of the molecule is NN(C(=O)OCc1ccccc1)c1cc(Br)c(F)cc1F. The molecule has 7 heteroatoms. The molecule has 0 aliphatic heterocycles. The molecule has 0 unspecified atom stereocenters. The minimum atomic E-state index is -0.963. The van der Waals surface area contributed by atoms with Crippen molar-refractivity contribution < 1.29 is 18.3 Å². The Balaban J connectivity index is 2.07. The van der Waals surface area contributed by atoms with Gasteiger partial charge >= 0.3 is 6.09 Å². The van der Waals surface area contributed by atoms with Crippen molar-refractivity contribution in [3.05, 3.63) is 64.1 Å². The smallest absolute Gasteiger partial charge is 0.429 e. The number of nitrogens with two attached hydrogens (primary N) is 1. The standard InChI is InChI=1S/C14H11BrF2N2O2/c15-10-6-13(12(17)7-11(10)16)19(18)14(20)21-8-9-4-2-1-3-5-9/h1-7H,8,18H2. The first kappa shape index (κ1) is 15.4. The Morgan fingerprint density at radius 3 is 2.52 bits per heavy atom. The normalized spacial score (nSPS) is 10.3. The van der Waals surface area contributed by atoms with Crippen LogP contribution in [0, 0.1) is 11.6 Å². The first-order chi connectivity index (χ1) is 9.99. The molecule has 0 atom stereocenters. The van der Waals surface area contributed by atoms with E-state index in [0.29, 0.717) is 11.1 Å². The molecule has 2 N–H and O–H groups in total. The lowest BCUT2D eigenvalue weighted by Crippen LogP contribution is -2.38. The summed E-state index contributed by atoms with van der Waals surface area (Å²) in [5.74, 6) is 3.75. The van der Waals surface area contributed by atoms with Gasteiger partial charge in [-0.25, -0.2) is 24.4 Å². The fraction of sp³-hybridized carbons (Fsp3) is 0.0714. The van der Waals surface area contributed by atoms with Crippen LogP contribution >= 0.6 is 15.9 Å². The first-order valence-electron chi connectivity index (χ1n) is 5.89. The Morgan fingerprint density at radius 1 is 1.19 bits per heavy atom. The van der Waals surface area contributed by atoms with E-state index in [9.17, 15) is 13.6 Å². The summed E-state index contributed by atoms with van der Waals surface area (Å²) in [5, 5.41) is 0.489. The summed E-state index contributed by atoms with van der Waals surface area (Å²) in [6.45, 7) is -0.00262. The van der Waals surface area contributed by atoms with E-state index in [1.165, 1.54) is 0 Å². The molecule has 0 spiro atoms. The molecule has 0 aliphatic rings. The highest BCUT2D eigenvalue weighted by atomic mass is 79.9. The highest BCUT2D eigenvalue weighted by Crippen LogP contribution is 2.25. The van der Waals surface area contributed by atoms with Gasteiger partial charge in [0, 0.05) is 6.07 Å². The zero-order valence-corrected chi connectivity index (χ0v) is 12.3. The molecule has 2 aromatic rings. The van der Waals surface area contributed by atoms with E-state index in [2.05, 4.69) is 15.9 Å². The lowest BCUT2D eigenvalue weighted by atomic mass is 10.2. The summed E-state index contributed by atoms with van der Waals surface area (Å²) in [6, 6.07) is 10.6. The number of amides is 1. The van der Waals surface area contributed by atoms with Crippen molar-refractivity contribution in [2.45, 2.75) is 6.61 Å². The molecule has 2 aromatic carbocycles. The Kier molecular flexibility index (Phi) is 4.87. The third-order valence-corrected chi connectivity index (χ3v) is 3.26. The average molecular weight is 357 g/mol. The zero-order chi connectivity index (χ0) is 15.4. The van der Waals surface area contributed by atoms with Crippen LogP contribution in [-0.2, 0) is 11.3 Å². The Bertz CT molecular complexity index is 653. The number of anilines is 1. The summed E-state index contributed by atoms with van der Waals surface area (Å²) in [4.78, 5) is 11.8. The predicted octanol–water partition coefficient (Wildman–Crippen LogP) is 3.74. The summed E-state index contributed by atoms with van der Waals surface area (Å²) >= 11 is 2.90. The minimum Gasteiger partial charge on any atom is -0.443 e. The summed E-state index contributed by atoms with van der Waals surface area (Å²) in [6.07, 6.45) is -0.948. The van der Waals surface area contributed by atoms with E-state index < -0.39 is 17.7 Å². The number of nitrogens with zero attached hydrogens (tertiary/aromatic N) is 1. The molecule has 0 aliphatic carbocycles. The monoisotopic (exact) mass is 356 g/mol. The number of hydrogen-bond donors (Lipinski definition) is 1.